The zero-order valence-electron chi connectivity index (χ0n) is 14.8. The maximum Gasteiger partial charge on any atom is 0.251 e. The Bertz CT molecular complexity index is 634. The first-order valence-corrected chi connectivity index (χ1v) is 9.14. The van der Waals surface area contributed by atoms with Crippen molar-refractivity contribution in [3.05, 3.63) is 34.9 Å². The number of amides is 2. The monoisotopic (exact) mass is 381 g/mol. The van der Waals surface area contributed by atoms with E-state index in [1.165, 1.54) is 0 Å². The predicted molar refractivity (Wildman–Crippen MR) is 97.0 cm³/mol. The van der Waals surface area contributed by atoms with Crippen molar-refractivity contribution >= 4 is 23.4 Å². The van der Waals surface area contributed by atoms with Crippen molar-refractivity contribution in [2.45, 2.75) is 12.1 Å². The fraction of sp³-hybridized carbons (Fsp3) is 0.556. The standard InChI is InChI=1S/C18H24ClN3O4/c1-21-15(23)12-26-17(16(21)13-2-4-14(19)5-3-13)18(24)20-6-7-22-8-10-25-11-9-22/h2-5,16-17H,6-12H2,1H3,(H,20,24)/t16-,17-/m1/s1. The number of nitrogens with one attached hydrogen (secondary N) is 1. The number of carbonyl (C=O) groups excluding carboxylic acids is 2. The summed E-state index contributed by atoms with van der Waals surface area (Å²) in [5.41, 5.74) is 0.818. The molecule has 1 aromatic carbocycles. The average molecular weight is 382 g/mol. The zero-order valence-corrected chi connectivity index (χ0v) is 15.6. The third-order valence-electron chi connectivity index (χ3n) is 4.78. The highest BCUT2D eigenvalue weighted by molar-refractivity contribution is 6.30. The Morgan fingerprint density at radius 3 is 2.65 bits per heavy atom. The van der Waals surface area contributed by atoms with E-state index in [0.717, 1.165) is 38.4 Å². The van der Waals surface area contributed by atoms with E-state index in [1.807, 2.05) is 12.1 Å². The van der Waals surface area contributed by atoms with E-state index in [0.29, 0.717) is 11.6 Å². The van der Waals surface area contributed by atoms with Crippen molar-refractivity contribution in [3.63, 3.8) is 0 Å². The number of rotatable bonds is 5. The Morgan fingerprint density at radius 1 is 1.27 bits per heavy atom. The van der Waals surface area contributed by atoms with Gasteiger partial charge in [-0.15, -0.1) is 0 Å². The molecule has 0 unspecified atom stereocenters. The normalized spacial score (nSPS) is 24.5. The maximum atomic E-state index is 12.7. The number of benzene rings is 1. The van der Waals surface area contributed by atoms with Crippen molar-refractivity contribution in [2.24, 2.45) is 0 Å². The second kappa shape index (κ2) is 8.81. The number of hydrogen-bond acceptors (Lipinski definition) is 5. The minimum atomic E-state index is -0.747. The van der Waals surface area contributed by atoms with Gasteiger partial charge in [-0.1, -0.05) is 23.7 Å². The predicted octanol–water partition coefficient (Wildman–Crippen LogP) is 0.687. The zero-order chi connectivity index (χ0) is 18.5. The molecule has 1 N–H and O–H groups in total. The molecule has 3 rings (SSSR count). The molecule has 1 aromatic rings. The third kappa shape index (κ3) is 4.54. The smallest absolute Gasteiger partial charge is 0.251 e. The van der Waals surface area contributed by atoms with Crippen LogP contribution < -0.4 is 5.32 Å². The number of ether oxygens (including phenoxy) is 2. The summed E-state index contributed by atoms with van der Waals surface area (Å²) < 4.78 is 10.9. The Balaban J connectivity index is 1.63. The van der Waals surface area contributed by atoms with Gasteiger partial charge < -0.3 is 19.7 Å². The summed E-state index contributed by atoms with van der Waals surface area (Å²) in [6.07, 6.45) is -0.747. The largest absolute Gasteiger partial charge is 0.379 e. The van der Waals surface area contributed by atoms with Gasteiger partial charge in [0, 0.05) is 38.2 Å². The molecule has 142 valence electrons. The van der Waals surface area contributed by atoms with Crippen LogP contribution in [0.25, 0.3) is 0 Å². The lowest BCUT2D eigenvalue weighted by molar-refractivity contribution is -0.162. The number of morpholine rings is 2. The van der Waals surface area contributed by atoms with E-state index in [4.69, 9.17) is 21.1 Å². The van der Waals surface area contributed by atoms with Crippen molar-refractivity contribution in [1.29, 1.82) is 0 Å². The third-order valence-corrected chi connectivity index (χ3v) is 5.04. The molecule has 2 aliphatic rings. The molecule has 2 aliphatic heterocycles. The van der Waals surface area contributed by atoms with Crippen molar-refractivity contribution in [1.82, 2.24) is 15.1 Å². The quantitative estimate of drug-likeness (QED) is 0.812. The molecule has 0 radical (unpaired) electrons. The molecule has 2 amide bonds. The van der Waals surface area contributed by atoms with Gasteiger partial charge in [0.05, 0.1) is 19.3 Å². The number of likely N-dealkylation sites (N-methyl/N-ethyl adjacent to an activating group) is 1. The van der Waals surface area contributed by atoms with Crippen molar-refractivity contribution in [3.8, 4) is 0 Å². The van der Waals surface area contributed by atoms with Crippen LogP contribution in [0.3, 0.4) is 0 Å². The minimum absolute atomic E-state index is 0.0951. The van der Waals surface area contributed by atoms with Crippen LogP contribution in [0.4, 0.5) is 0 Å². The highest BCUT2D eigenvalue weighted by Crippen LogP contribution is 2.30. The molecular formula is C18H24ClN3O4. The fourth-order valence-electron chi connectivity index (χ4n) is 3.25. The molecule has 2 fully saturated rings. The van der Waals surface area contributed by atoms with Gasteiger partial charge in [0.2, 0.25) is 5.91 Å². The summed E-state index contributed by atoms with van der Waals surface area (Å²) >= 11 is 5.95. The van der Waals surface area contributed by atoms with Crippen LogP contribution in [0, 0.1) is 0 Å². The lowest BCUT2D eigenvalue weighted by atomic mass is 9.97. The van der Waals surface area contributed by atoms with E-state index in [1.54, 1.807) is 24.1 Å². The molecular weight excluding hydrogens is 358 g/mol. The lowest BCUT2D eigenvalue weighted by Crippen LogP contribution is -2.53. The minimum Gasteiger partial charge on any atom is -0.379 e. The molecule has 0 saturated carbocycles. The summed E-state index contributed by atoms with van der Waals surface area (Å²) in [6.45, 7) is 4.41. The Labute approximate surface area is 158 Å². The molecule has 2 saturated heterocycles. The van der Waals surface area contributed by atoms with Gasteiger partial charge in [-0.2, -0.15) is 0 Å². The van der Waals surface area contributed by atoms with Crippen LogP contribution in [-0.2, 0) is 19.1 Å². The van der Waals surface area contributed by atoms with Gasteiger partial charge in [0.25, 0.3) is 5.91 Å². The average Bonchev–Trinajstić information content (AvgIpc) is 2.65. The van der Waals surface area contributed by atoms with Gasteiger partial charge in [-0.3, -0.25) is 14.5 Å². The van der Waals surface area contributed by atoms with Crippen molar-refractivity contribution < 1.29 is 19.1 Å². The van der Waals surface area contributed by atoms with Crippen LogP contribution in [0.5, 0.6) is 0 Å². The maximum absolute atomic E-state index is 12.7. The highest BCUT2D eigenvalue weighted by atomic mass is 35.5. The second-order valence-electron chi connectivity index (χ2n) is 6.48. The Kier molecular flexibility index (Phi) is 6.48. The van der Waals surface area contributed by atoms with Crippen LogP contribution in [0.2, 0.25) is 5.02 Å². The highest BCUT2D eigenvalue weighted by Gasteiger charge is 2.39. The number of halogens is 1. The van der Waals surface area contributed by atoms with E-state index in [9.17, 15) is 9.59 Å². The molecule has 2 atom stereocenters. The number of nitrogens with zero attached hydrogens (tertiary/aromatic N) is 2. The van der Waals surface area contributed by atoms with Crippen LogP contribution in [0.15, 0.2) is 24.3 Å². The fourth-order valence-corrected chi connectivity index (χ4v) is 3.38. The number of carbonyl (C=O) groups is 2. The number of hydrogen-bond donors (Lipinski definition) is 1. The molecule has 2 heterocycles. The molecule has 0 aliphatic carbocycles. The van der Waals surface area contributed by atoms with Gasteiger partial charge in [0.15, 0.2) is 6.10 Å². The summed E-state index contributed by atoms with van der Waals surface area (Å²) in [6, 6.07) is 6.66. The molecule has 7 nitrogen and oxygen atoms in total. The van der Waals surface area contributed by atoms with Crippen LogP contribution >= 0.6 is 11.6 Å². The van der Waals surface area contributed by atoms with E-state index >= 15 is 0 Å². The summed E-state index contributed by atoms with van der Waals surface area (Å²) in [4.78, 5) is 28.6. The molecule has 0 spiro atoms. The lowest BCUT2D eigenvalue weighted by Gasteiger charge is -2.38. The van der Waals surface area contributed by atoms with Crippen LogP contribution in [0.1, 0.15) is 11.6 Å². The molecule has 26 heavy (non-hydrogen) atoms. The topological polar surface area (TPSA) is 71.1 Å². The molecule has 0 aromatic heterocycles. The summed E-state index contributed by atoms with van der Waals surface area (Å²) in [5, 5.41) is 3.54. The molecule has 8 heteroatoms. The Morgan fingerprint density at radius 2 is 1.96 bits per heavy atom. The van der Waals surface area contributed by atoms with Gasteiger partial charge >= 0.3 is 0 Å². The van der Waals surface area contributed by atoms with E-state index < -0.39 is 12.1 Å². The van der Waals surface area contributed by atoms with Gasteiger partial charge in [-0.05, 0) is 17.7 Å². The second-order valence-corrected chi connectivity index (χ2v) is 6.91. The summed E-state index contributed by atoms with van der Waals surface area (Å²) in [5.74, 6) is -0.361. The van der Waals surface area contributed by atoms with Crippen molar-refractivity contribution in [2.75, 3.05) is 53.0 Å². The first-order chi connectivity index (χ1) is 12.6. The Hall–Kier alpha value is -1.67. The van der Waals surface area contributed by atoms with E-state index in [2.05, 4.69) is 10.2 Å². The van der Waals surface area contributed by atoms with Gasteiger partial charge in [0.1, 0.15) is 6.61 Å². The summed E-state index contributed by atoms with van der Waals surface area (Å²) in [7, 11) is 1.69. The van der Waals surface area contributed by atoms with Crippen LogP contribution in [-0.4, -0.2) is 80.8 Å². The SMILES string of the molecule is CN1C(=O)CO[C@@H](C(=O)NCCN2CCOCC2)[C@H]1c1ccc(Cl)cc1. The van der Waals surface area contributed by atoms with Gasteiger partial charge in [-0.25, -0.2) is 0 Å². The van der Waals surface area contributed by atoms with E-state index in [-0.39, 0.29) is 18.4 Å². The first-order valence-electron chi connectivity index (χ1n) is 8.77. The first kappa shape index (κ1) is 19.1. The molecule has 0 bridgehead atoms.